The van der Waals surface area contributed by atoms with Crippen molar-refractivity contribution in [1.82, 2.24) is 10.2 Å². The molecule has 0 saturated carbocycles. The van der Waals surface area contributed by atoms with Gasteiger partial charge in [0.05, 0.1) is 0 Å². The predicted octanol–water partition coefficient (Wildman–Crippen LogP) is 3.64. The molecule has 0 amide bonds. The van der Waals surface area contributed by atoms with Crippen LogP contribution in [0.3, 0.4) is 0 Å². The first-order valence-electron chi connectivity index (χ1n) is 7.10. The predicted molar refractivity (Wildman–Crippen MR) is 82.8 cm³/mol. The van der Waals surface area contributed by atoms with Gasteiger partial charge in [0, 0.05) is 37.2 Å². The lowest BCUT2D eigenvalue weighted by molar-refractivity contribution is 0.0862. The highest BCUT2D eigenvalue weighted by molar-refractivity contribution is 6.31. The first-order valence-corrected chi connectivity index (χ1v) is 7.48. The quantitative estimate of drug-likeness (QED) is 0.890. The van der Waals surface area contributed by atoms with Gasteiger partial charge in [0.15, 0.2) is 0 Å². The lowest BCUT2D eigenvalue weighted by Gasteiger charge is -2.42. The zero-order valence-corrected chi connectivity index (χ0v) is 13.2. The van der Waals surface area contributed by atoms with Crippen molar-refractivity contribution >= 4 is 11.6 Å². The number of benzene rings is 1. The number of hydrogen-bond acceptors (Lipinski definition) is 2. The summed E-state index contributed by atoms with van der Waals surface area (Å²) in [5.41, 5.74) is 2.69. The molecule has 0 radical (unpaired) electrons. The van der Waals surface area contributed by atoms with E-state index in [2.05, 4.69) is 56.1 Å². The van der Waals surface area contributed by atoms with Crippen molar-refractivity contribution in [3.05, 3.63) is 34.3 Å². The minimum atomic E-state index is 0.204. The van der Waals surface area contributed by atoms with Crippen molar-refractivity contribution in [3.8, 4) is 0 Å². The molecule has 0 aromatic heterocycles. The van der Waals surface area contributed by atoms with Crippen LogP contribution in [0.4, 0.5) is 0 Å². The Morgan fingerprint density at radius 3 is 2.37 bits per heavy atom. The second-order valence-electron chi connectivity index (χ2n) is 6.56. The van der Waals surface area contributed by atoms with Crippen LogP contribution in [-0.4, -0.2) is 31.1 Å². The molecule has 0 bridgehead atoms. The van der Waals surface area contributed by atoms with Crippen molar-refractivity contribution in [2.45, 2.75) is 33.7 Å². The monoisotopic (exact) mass is 280 g/mol. The van der Waals surface area contributed by atoms with E-state index in [-0.39, 0.29) is 5.41 Å². The number of nitrogens with zero attached hydrogens (tertiary/aromatic N) is 1. The highest BCUT2D eigenvalue weighted by Gasteiger charge is 2.32. The molecule has 0 unspecified atom stereocenters. The fourth-order valence-electron chi connectivity index (χ4n) is 2.98. The Bertz CT molecular complexity index is 431. The van der Waals surface area contributed by atoms with Gasteiger partial charge in [0.1, 0.15) is 0 Å². The van der Waals surface area contributed by atoms with Crippen LogP contribution in [0.5, 0.6) is 0 Å². The normalized spacial score (nSPS) is 19.4. The molecule has 0 aliphatic carbocycles. The maximum atomic E-state index is 6.32. The summed E-state index contributed by atoms with van der Waals surface area (Å²) in [4.78, 5) is 2.58. The van der Waals surface area contributed by atoms with Gasteiger partial charge in [-0.15, -0.1) is 0 Å². The Balaban J connectivity index is 2.33. The summed E-state index contributed by atoms with van der Waals surface area (Å²) in [5, 5.41) is 4.30. The Kier molecular flexibility index (Phi) is 4.54. The van der Waals surface area contributed by atoms with Crippen LogP contribution in [0.1, 0.15) is 37.9 Å². The maximum Gasteiger partial charge on any atom is 0.0438 e. The molecular weight excluding hydrogens is 256 g/mol. The van der Waals surface area contributed by atoms with Crippen LogP contribution in [0.15, 0.2) is 18.2 Å². The van der Waals surface area contributed by atoms with Gasteiger partial charge in [-0.1, -0.05) is 44.5 Å². The molecule has 2 rings (SSSR count). The Hall–Kier alpha value is -0.570. The second-order valence-corrected chi connectivity index (χ2v) is 6.97. The molecule has 106 valence electrons. The minimum Gasteiger partial charge on any atom is -0.314 e. The fourth-order valence-corrected chi connectivity index (χ4v) is 3.17. The lowest BCUT2D eigenvalue weighted by Crippen LogP contribution is -2.48. The zero-order chi connectivity index (χ0) is 14.0. The molecule has 1 fully saturated rings. The standard InChI is InChI=1S/C16H25ClN2/c1-12-5-6-13(11-14(12)17)15(16(2,3)4)19-9-7-18-8-10-19/h5-6,11,15,18H,7-10H2,1-4H3/t15-/m1/s1. The van der Waals surface area contributed by atoms with Crippen molar-refractivity contribution in [2.75, 3.05) is 26.2 Å². The average Bonchev–Trinajstić information content (AvgIpc) is 2.34. The van der Waals surface area contributed by atoms with Gasteiger partial charge in [-0.2, -0.15) is 0 Å². The Morgan fingerprint density at radius 2 is 1.84 bits per heavy atom. The summed E-state index contributed by atoms with van der Waals surface area (Å²) in [6, 6.07) is 6.94. The highest BCUT2D eigenvalue weighted by atomic mass is 35.5. The summed E-state index contributed by atoms with van der Waals surface area (Å²) in [6.45, 7) is 13.4. The molecule has 1 aromatic carbocycles. The van der Waals surface area contributed by atoms with Gasteiger partial charge in [-0.3, -0.25) is 4.90 Å². The number of rotatable bonds is 2. The second kappa shape index (κ2) is 5.82. The smallest absolute Gasteiger partial charge is 0.0438 e. The molecule has 1 atom stereocenters. The minimum absolute atomic E-state index is 0.204. The molecule has 1 saturated heterocycles. The number of piperazine rings is 1. The van der Waals surface area contributed by atoms with Crippen molar-refractivity contribution in [2.24, 2.45) is 5.41 Å². The maximum absolute atomic E-state index is 6.32. The van der Waals surface area contributed by atoms with Gasteiger partial charge in [-0.25, -0.2) is 0 Å². The van der Waals surface area contributed by atoms with Crippen molar-refractivity contribution in [3.63, 3.8) is 0 Å². The van der Waals surface area contributed by atoms with Crippen LogP contribution in [-0.2, 0) is 0 Å². The van der Waals surface area contributed by atoms with E-state index in [0.717, 1.165) is 36.8 Å². The van der Waals surface area contributed by atoms with Gasteiger partial charge in [0.25, 0.3) is 0 Å². The zero-order valence-electron chi connectivity index (χ0n) is 12.5. The van der Waals surface area contributed by atoms with Gasteiger partial charge in [-0.05, 0) is 29.5 Å². The Labute approximate surface area is 122 Å². The summed E-state index contributed by atoms with van der Waals surface area (Å²) in [7, 11) is 0. The van der Waals surface area contributed by atoms with E-state index >= 15 is 0 Å². The molecular formula is C16H25ClN2. The molecule has 19 heavy (non-hydrogen) atoms. The first-order chi connectivity index (χ1) is 8.89. The van der Waals surface area contributed by atoms with Crippen LogP contribution in [0, 0.1) is 12.3 Å². The molecule has 1 aliphatic rings. The summed E-state index contributed by atoms with van der Waals surface area (Å²) in [6.07, 6.45) is 0. The van der Waals surface area contributed by atoms with E-state index in [1.165, 1.54) is 5.56 Å². The van der Waals surface area contributed by atoms with Crippen molar-refractivity contribution < 1.29 is 0 Å². The van der Waals surface area contributed by atoms with E-state index < -0.39 is 0 Å². The lowest BCUT2D eigenvalue weighted by atomic mass is 9.80. The van der Waals surface area contributed by atoms with Gasteiger partial charge >= 0.3 is 0 Å². The Morgan fingerprint density at radius 1 is 1.21 bits per heavy atom. The third-order valence-corrected chi connectivity index (χ3v) is 4.26. The molecule has 1 heterocycles. The SMILES string of the molecule is Cc1ccc([C@@H](N2CCNCC2)C(C)(C)C)cc1Cl. The summed E-state index contributed by atoms with van der Waals surface area (Å²) in [5.74, 6) is 0. The highest BCUT2D eigenvalue weighted by Crippen LogP contribution is 2.39. The van der Waals surface area contributed by atoms with E-state index in [1.807, 2.05) is 0 Å². The number of aryl methyl sites for hydroxylation is 1. The largest absolute Gasteiger partial charge is 0.314 e. The molecule has 1 aromatic rings. The van der Waals surface area contributed by atoms with Crippen LogP contribution < -0.4 is 5.32 Å². The van der Waals surface area contributed by atoms with E-state index in [1.54, 1.807) is 0 Å². The van der Waals surface area contributed by atoms with E-state index in [0.29, 0.717) is 6.04 Å². The summed E-state index contributed by atoms with van der Waals surface area (Å²) >= 11 is 6.32. The molecule has 3 heteroatoms. The number of halogens is 1. The fraction of sp³-hybridized carbons (Fsp3) is 0.625. The number of nitrogens with one attached hydrogen (secondary N) is 1. The van der Waals surface area contributed by atoms with Gasteiger partial charge in [0.2, 0.25) is 0 Å². The number of hydrogen-bond donors (Lipinski definition) is 1. The third kappa shape index (κ3) is 3.50. The molecule has 1 aliphatic heterocycles. The van der Waals surface area contributed by atoms with Crippen LogP contribution >= 0.6 is 11.6 Å². The molecule has 1 N–H and O–H groups in total. The molecule has 2 nitrogen and oxygen atoms in total. The van der Waals surface area contributed by atoms with Gasteiger partial charge < -0.3 is 5.32 Å². The van der Waals surface area contributed by atoms with Crippen LogP contribution in [0.25, 0.3) is 0 Å². The van der Waals surface area contributed by atoms with Crippen molar-refractivity contribution in [1.29, 1.82) is 0 Å². The van der Waals surface area contributed by atoms with E-state index in [9.17, 15) is 0 Å². The topological polar surface area (TPSA) is 15.3 Å². The van der Waals surface area contributed by atoms with Crippen LogP contribution in [0.2, 0.25) is 5.02 Å². The van der Waals surface area contributed by atoms with E-state index in [4.69, 9.17) is 11.6 Å². The third-order valence-electron chi connectivity index (χ3n) is 3.85. The summed E-state index contributed by atoms with van der Waals surface area (Å²) < 4.78 is 0. The molecule has 0 spiro atoms. The average molecular weight is 281 g/mol. The first kappa shape index (κ1) is 14.8.